The first-order chi connectivity index (χ1) is 25.5. The zero-order valence-corrected chi connectivity index (χ0v) is 28.8. The van der Waals surface area contributed by atoms with Crippen LogP contribution in [0.1, 0.15) is 25.0 Å². The van der Waals surface area contributed by atoms with Crippen molar-refractivity contribution in [2.24, 2.45) is 0 Å². The Morgan fingerprint density at radius 3 is 1.48 bits per heavy atom. The summed E-state index contributed by atoms with van der Waals surface area (Å²) in [6.45, 7) is 4.68. The van der Waals surface area contributed by atoms with Gasteiger partial charge in [-0.3, -0.25) is 4.57 Å². The van der Waals surface area contributed by atoms with E-state index in [4.69, 9.17) is 15.0 Å². The molecule has 10 aromatic rings. The number of rotatable bonds is 3. The van der Waals surface area contributed by atoms with Crippen molar-refractivity contribution in [2.45, 2.75) is 19.3 Å². The van der Waals surface area contributed by atoms with Crippen molar-refractivity contribution < 1.29 is 0 Å². The number of fused-ring (bicyclic) bond motifs is 12. The van der Waals surface area contributed by atoms with Crippen LogP contribution in [0.2, 0.25) is 0 Å². The Labute approximate surface area is 300 Å². The molecule has 0 atom stereocenters. The average molecular weight is 665 g/mol. The molecule has 11 rings (SSSR count). The third-order valence-electron chi connectivity index (χ3n) is 11.2. The third-order valence-corrected chi connectivity index (χ3v) is 11.2. The zero-order valence-electron chi connectivity index (χ0n) is 28.8. The Bertz CT molecular complexity index is 3030. The molecule has 0 saturated heterocycles. The van der Waals surface area contributed by atoms with Gasteiger partial charge in [-0.2, -0.15) is 9.97 Å². The van der Waals surface area contributed by atoms with Crippen LogP contribution in [0.25, 0.3) is 94.0 Å². The molecule has 1 aliphatic carbocycles. The van der Waals surface area contributed by atoms with E-state index >= 15 is 0 Å². The lowest BCUT2D eigenvalue weighted by Crippen LogP contribution is -2.15. The Balaban J connectivity index is 1.32. The molecule has 2 heterocycles. The van der Waals surface area contributed by atoms with E-state index in [1.165, 1.54) is 65.3 Å². The number of aromatic nitrogens is 4. The minimum atomic E-state index is -0.165. The smallest absolute Gasteiger partial charge is 0.238 e. The zero-order chi connectivity index (χ0) is 34.6. The van der Waals surface area contributed by atoms with Gasteiger partial charge in [-0.15, -0.1) is 0 Å². The predicted molar refractivity (Wildman–Crippen MR) is 215 cm³/mol. The second kappa shape index (κ2) is 10.7. The molecular formula is C48H32N4. The fourth-order valence-electron chi connectivity index (χ4n) is 8.72. The Hall–Kier alpha value is -6.65. The first-order valence-corrected chi connectivity index (χ1v) is 17.9. The van der Waals surface area contributed by atoms with Gasteiger partial charge in [-0.1, -0.05) is 147 Å². The summed E-state index contributed by atoms with van der Waals surface area (Å²) in [4.78, 5) is 15.6. The van der Waals surface area contributed by atoms with E-state index in [1.54, 1.807) is 0 Å². The van der Waals surface area contributed by atoms with E-state index in [0.29, 0.717) is 17.6 Å². The van der Waals surface area contributed by atoms with E-state index < -0.39 is 0 Å². The van der Waals surface area contributed by atoms with Gasteiger partial charge < -0.3 is 0 Å². The van der Waals surface area contributed by atoms with E-state index in [0.717, 1.165) is 22.2 Å². The molecule has 0 amide bonds. The summed E-state index contributed by atoms with van der Waals surface area (Å²) in [5.74, 6) is 1.89. The Morgan fingerprint density at radius 2 is 0.865 bits per heavy atom. The van der Waals surface area contributed by atoms with E-state index in [-0.39, 0.29) is 5.41 Å². The first kappa shape index (κ1) is 29.1. The van der Waals surface area contributed by atoms with Crippen LogP contribution in [0.3, 0.4) is 0 Å². The third kappa shape index (κ3) is 4.06. The number of nitrogens with zero attached hydrogens (tertiary/aromatic N) is 4. The summed E-state index contributed by atoms with van der Waals surface area (Å²) >= 11 is 0. The SMILES string of the molecule is CC1(C)c2ccccc2-c2cc3c4cc5c6ccccc6c6ccccc6c5cc4n(-c4nc(-c5ccccc5)nc(-c5ccccc5)n4)c3cc21. The maximum absolute atomic E-state index is 5.27. The monoisotopic (exact) mass is 664 g/mol. The standard InChI is InChI=1S/C48H32N4/c1-48(2)41-24-14-13-23-35(41)38-26-40-39-25-36-33-21-11-9-19-31(33)32-20-10-12-22-34(32)37(36)27-43(39)52(44(40)28-42(38)48)47-50-45(29-15-5-3-6-16-29)49-46(51-47)30-17-7-4-8-18-30/h3-28H,1-2H3. The number of hydrogen-bond acceptors (Lipinski definition) is 3. The molecule has 0 saturated carbocycles. The van der Waals surface area contributed by atoms with Gasteiger partial charge in [-0.25, -0.2) is 4.98 Å². The highest BCUT2D eigenvalue weighted by molar-refractivity contribution is 6.29. The van der Waals surface area contributed by atoms with Crippen LogP contribution in [0.4, 0.5) is 0 Å². The molecule has 2 aromatic heterocycles. The number of benzene rings is 8. The summed E-state index contributed by atoms with van der Waals surface area (Å²) in [6, 6.07) is 56.5. The Morgan fingerprint density at radius 1 is 0.385 bits per heavy atom. The number of hydrogen-bond donors (Lipinski definition) is 0. The lowest BCUT2D eigenvalue weighted by molar-refractivity contribution is 0.661. The molecule has 0 fully saturated rings. The van der Waals surface area contributed by atoms with Crippen LogP contribution in [0.5, 0.6) is 0 Å². The molecule has 0 radical (unpaired) electrons. The van der Waals surface area contributed by atoms with Gasteiger partial charge in [0.05, 0.1) is 11.0 Å². The highest BCUT2D eigenvalue weighted by atomic mass is 15.2. The van der Waals surface area contributed by atoms with Crippen LogP contribution in [0.15, 0.2) is 158 Å². The van der Waals surface area contributed by atoms with E-state index in [2.05, 4.69) is 140 Å². The second-order valence-corrected chi connectivity index (χ2v) is 14.4. The van der Waals surface area contributed by atoms with Gasteiger partial charge >= 0.3 is 0 Å². The lowest BCUT2D eigenvalue weighted by Gasteiger charge is -2.21. The first-order valence-electron chi connectivity index (χ1n) is 17.9. The van der Waals surface area contributed by atoms with Crippen molar-refractivity contribution in [2.75, 3.05) is 0 Å². The maximum atomic E-state index is 5.27. The van der Waals surface area contributed by atoms with Crippen LogP contribution in [0, 0.1) is 0 Å². The molecule has 244 valence electrons. The topological polar surface area (TPSA) is 43.6 Å². The molecule has 52 heavy (non-hydrogen) atoms. The van der Waals surface area contributed by atoms with Gasteiger partial charge in [0.15, 0.2) is 11.6 Å². The Kier molecular flexibility index (Phi) is 5.98. The highest BCUT2D eigenvalue weighted by Gasteiger charge is 2.36. The van der Waals surface area contributed by atoms with Gasteiger partial charge in [0.25, 0.3) is 0 Å². The molecular weight excluding hydrogens is 633 g/mol. The predicted octanol–water partition coefficient (Wildman–Crippen LogP) is 12.1. The van der Waals surface area contributed by atoms with Gasteiger partial charge in [-0.05, 0) is 78.8 Å². The highest BCUT2D eigenvalue weighted by Crippen LogP contribution is 2.51. The van der Waals surface area contributed by atoms with Crippen molar-refractivity contribution >= 4 is 54.1 Å². The average Bonchev–Trinajstić information content (AvgIpc) is 3.64. The summed E-state index contributed by atoms with van der Waals surface area (Å²) in [6.07, 6.45) is 0. The fraction of sp³-hybridized carbons (Fsp3) is 0.0625. The second-order valence-electron chi connectivity index (χ2n) is 14.4. The van der Waals surface area contributed by atoms with Gasteiger partial charge in [0.2, 0.25) is 5.95 Å². The van der Waals surface area contributed by atoms with Crippen LogP contribution >= 0.6 is 0 Å². The van der Waals surface area contributed by atoms with E-state index in [1.807, 2.05) is 36.4 Å². The summed E-state index contributed by atoms with van der Waals surface area (Å²) < 4.78 is 2.29. The van der Waals surface area contributed by atoms with Gasteiger partial charge in [0.1, 0.15) is 0 Å². The van der Waals surface area contributed by atoms with Crippen molar-refractivity contribution in [1.29, 1.82) is 0 Å². The molecule has 0 aliphatic heterocycles. The minimum absolute atomic E-state index is 0.165. The largest absolute Gasteiger partial charge is 0.278 e. The normalized spacial score (nSPS) is 13.3. The maximum Gasteiger partial charge on any atom is 0.238 e. The van der Waals surface area contributed by atoms with Crippen molar-refractivity contribution in [3.05, 3.63) is 169 Å². The quantitative estimate of drug-likeness (QED) is 0.177. The van der Waals surface area contributed by atoms with Crippen molar-refractivity contribution in [1.82, 2.24) is 19.5 Å². The van der Waals surface area contributed by atoms with Crippen LogP contribution < -0.4 is 0 Å². The summed E-state index contributed by atoms with van der Waals surface area (Å²) in [5.41, 5.74) is 9.16. The van der Waals surface area contributed by atoms with Crippen molar-refractivity contribution in [3.8, 4) is 39.9 Å². The molecule has 0 spiro atoms. The molecule has 0 N–H and O–H groups in total. The molecule has 1 aliphatic rings. The molecule has 4 heteroatoms. The molecule has 0 bridgehead atoms. The van der Waals surface area contributed by atoms with Crippen LogP contribution in [-0.2, 0) is 5.41 Å². The molecule has 0 unspecified atom stereocenters. The summed E-state index contributed by atoms with van der Waals surface area (Å²) in [7, 11) is 0. The van der Waals surface area contributed by atoms with Crippen LogP contribution in [-0.4, -0.2) is 19.5 Å². The fourth-order valence-corrected chi connectivity index (χ4v) is 8.72. The van der Waals surface area contributed by atoms with Crippen molar-refractivity contribution in [3.63, 3.8) is 0 Å². The molecule has 8 aromatic carbocycles. The lowest BCUT2D eigenvalue weighted by atomic mass is 9.82. The van der Waals surface area contributed by atoms with Gasteiger partial charge in [0, 0.05) is 27.3 Å². The van der Waals surface area contributed by atoms with E-state index in [9.17, 15) is 0 Å². The molecule has 4 nitrogen and oxygen atoms in total. The minimum Gasteiger partial charge on any atom is -0.278 e. The summed E-state index contributed by atoms with van der Waals surface area (Å²) in [5, 5.41) is 9.82.